The van der Waals surface area contributed by atoms with E-state index < -0.39 is 0 Å². The third-order valence-electron chi connectivity index (χ3n) is 3.23. The third kappa shape index (κ3) is 3.29. The average molecular weight is 272 g/mol. The number of benzene rings is 2. The molecule has 0 saturated heterocycles. The Bertz CT molecular complexity index is 537. The molecule has 0 unspecified atom stereocenters. The van der Waals surface area contributed by atoms with Crippen LogP contribution in [0.3, 0.4) is 0 Å². The SMILES string of the molecule is Nc1ccc(N(CCO)CCO)cc1-c1ccccc1. The minimum atomic E-state index is 0.0467. The number of hydrogen-bond donors (Lipinski definition) is 3. The molecule has 0 aliphatic carbocycles. The van der Waals surface area contributed by atoms with Crippen LogP contribution in [0.2, 0.25) is 0 Å². The van der Waals surface area contributed by atoms with E-state index in [4.69, 9.17) is 15.9 Å². The van der Waals surface area contributed by atoms with Crippen molar-refractivity contribution in [3.05, 3.63) is 48.5 Å². The first-order valence-electron chi connectivity index (χ1n) is 6.68. The average Bonchev–Trinajstić information content (AvgIpc) is 2.48. The Labute approximate surface area is 119 Å². The smallest absolute Gasteiger partial charge is 0.0606 e. The molecule has 4 N–H and O–H groups in total. The number of anilines is 2. The van der Waals surface area contributed by atoms with Crippen molar-refractivity contribution < 1.29 is 10.2 Å². The third-order valence-corrected chi connectivity index (χ3v) is 3.23. The fraction of sp³-hybridized carbons (Fsp3) is 0.250. The van der Waals surface area contributed by atoms with Crippen molar-refractivity contribution in [3.8, 4) is 11.1 Å². The highest BCUT2D eigenvalue weighted by molar-refractivity contribution is 5.79. The van der Waals surface area contributed by atoms with E-state index in [1.165, 1.54) is 0 Å². The molecule has 0 spiro atoms. The maximum Gasteiger partial charge on any atom is 0.0606 e. The first-order chi connectivity index (χ1) is 9.76. The lowest BCUT2D eigenvalue weighted by Crippen LogP contribution is -2.29. The van der Waals surface area contributed by atoms with Gasteiger partial charge < -0.3 is 20.8 Å². The van der Waals surface area contributed by atoms with Gasteiger partial charge in [-0.15, -0.1) is 0 Å². The van der Waals surface area contributed by atoms with Gasteiger partial charge in [0.2, 0.25) is 0 Å². The molecule has 20 heavy (non-hydrogen) atoms. The van der Waals surface area contributed by atoms with Crippen molar-refractivity contribution in [1.29, 1.82) is 0 Å². The van der Waals surface area contributed by atoms with Crippen LogP contribution < -0.4 is 10.6 Å². The number of hydrogen-bond acceptors (Lipinski definition) is 4. The number of aliphatic hydroxyl groups is 2. The van der Waals surface area contributed by atoms with Crippen LogP contribution in [0.5, 0.6) is 0 Å². The molecule has 0 saturated carbocycles. The predicted octanol–water partition coefficient (Wildman–Crippen LogP) is 1.73. The van der Waals surface area contributed by atoms with E-state index in [1.807, 2.05) is 53.4 Å². The molecule has 0 aromatic heterocycles. The first-order valence-corrected chi connectivity index (χ1v) is 6.68. The highest BCUT2D eigenvalue weighted by atomic mass is 16.3. The summed E-state index contributed by atoms with van der Waals surface area (Å²) < 4.78 is 0. The molecule has 0 amide bonds. The van der Waals surface area contributed by atoms with Crippen LogP contribution in [0.15, 0.2) is 48.5 Å². The number of nitrogens with two attached hydrogens (primary N) is 1. The summed E-state index contributed by atoms with van der Waals surface area (Å²) in [6.45, 7) is 1.06. The number of rotatable bonds is 6. The zero-order valence-corrected chi connectivity index (χ0v) is 11.4. The van der Waals surface area contributed by atoms with Gasteiger partial charge in [0.05, 0.1) is 13.2 Å². The van der Waals surface area contributed by atoms with Gasteiger partial charge in [-0.1, -0.05) is 30.3 Å². The van der Waals surface area contributed by atoms with Gasteiger partial charge in [-0.25, -0.2) is 0 Å². The highest BCUT2D eigenvalue weighted by Gasteiger charge is 2.09. The Balaban J connectivity index is 2.37. The van der Waals surface area contributed by atoms with E-state index in [2.05, 4.69) is 0 Å². The predicted molar refractivity (Wildman–Crippen MR) is 82.7 cm³/mol. The Kier molecular flexibility index (Phi) is 4.98. The Morgan fingerprint density at radius 3 is 2.15 bits per heavy atom. The Hall–Kier alpha value is -2.04. The molecule has 2 aromatic carbocycles. The molecule has 4 heteroatoms. The Morgan fingerprint density at radius 1 is 0.900 bits per heavy atom. The van der Waals surface area contributed by atoms with Crippen LogP contribution in [0, 0.1) is 0 Å². The quantitative estimate of drug-likeness (QED) is 0.700. The summed E-state index contributed by atoms with van der Waals surface area (Å²) in [5, 5.41) is 18.2. The molecule has 2 rings (SSSR count). The normalized spacial score (nSPS) is 10.5. The maximum absolute atomic E-state index is 9.12. The van der Waals surface area contributed by atoms with E-state index in [0.717, 1.165) is 16.8 Å². The van der Waals surface area contributed by atoms with Gasteiger partial charge in [0.1, 0.15) is 0 Å². The van der Waals surface area contributed by atoms with Crippen LogP contribution in [-0.4, -0.2) is 36.5 Å². The second-order valence-electron chi connectivity index (χ2n) is 4.57. The molecule has 0 radical (unpaired) electrons. The summed E-state index contributed by atoms with van der Waals surface area (Å²) in [4.78, 5) is 1.94. The standard InChI is InChI=1S/C16H20N2O2/c17-16-7-6-14(18(8-10-19)9-11-20)12-15(16)13-4-2-1-3-5-13/h1-7,12,19-20H,8-11,17H2. The van der Waals surface area contributed by atoms with Crippen molar-refractivity contribution in [2.24, 2.45) is 0 Å². The van der Waals surface area contributed by atoms with Gasteiger partial charge in [0, 0.05) is 30.0 Å². The first kappa shape index (κ1) is 14.4. The summed E-state index contributed by atoms with van der Waals surface area (Å²) >= 11 is 0. The fourth-order valence-corrected chi connectivity index (χ4v) is 2.22. The molecule has 0 heterocycles. The summed E-state index contributed by atoms with van der Waals surface area (Å²) in [5.41, 5.74) is 9.73. The van der Waals surface area contributed by atoms with Crippen molar-refractivity contribution in [2.45, 2.75) is 0 Å². The summed E-state index contributed by atoms with van der Waals surface area (Å²) in [7, 11) is 0. The maximum atomic E-state index is 9.12. The van der Waals surface area contributed by atoms with E-state index in [9.17, 15) is 0 Å². The lowest BCUT2D eigenvalue weighted by atomic mass is 10.0. The van der Waals surface area contributed by atoms with Crippen molar-refractivity contribution >= 4 is 11.4 Å². The topological polar surface area (TPSA) is 69.7 Å². The summed E-state index contributed by atoms with van der Waals surface area (Å²) in [5.74, 6) is 0. The van der Waals surface area contributed by atoms with Crippen LogP contribution in [0.1, 0.15) is 0 Å². The molecule has 0 aliphatic rings. The molecule has 106 valence electrons. The van der Waals surface area contributed by atoms with Crippen molar-refractivity contribution in [3.63, 3.8) is 0 Å². The second-order valence-corrected chi connectivity index (χ2v) is 4.57. The fourth-order valence-electron chi connectivity index (χ4n) is 2.22. The van der Waals surface area contributed by atoms with Gasteiger partial charge in [0.15, 0.2) is 0 Å². The molecule has 0 fully saturated rings. The summed E-state index contributed by atoms with van der Waals surface area (Å²) in [6, 6.07) is 15.7. The second kappa shape index (κ2) is 6.93. The lowest BCUT2D eigenvalue weighted by molar-refractivity contribution is 0.281. The monoisotopic (exact) mass is 272 g/mol. The lowest BCUT2D eigenvalue weighted by Gasteiger charge is -2.24. The molecular weight excluding hydrogens is 252 g/mol. The van der Waals surface area contributed by atoms with Crippen LogP contribution >= 0.6 is 0 Å². The molecule has 0 aliphatic heterocycles. The van der Waals surface area contributed by atoms with Gasteiger partial charge >= 0.3 is 0 Å². The molecule has 0 atom stereocenters. The minimum Gasteiger partial charge on any atom is -0.398 e. The molecule has 0 bridgehead atoms. The largest absolute Gasteiger partial charge is 0.398 e. The Morgan fingerprint density at radius 2 is 1.55 bits per heavy atom. The molecule has 4 nitrogen and oxygen atoms in total. The van der Waals surface area contributed by atoms with Crippen LogP contribution in [0.4, 0.5) is 11.4 Å². The zero-order valence-electron chi connectivity index (χ0n) is 11.4. The van der Waals surface area contributed by atoms with Gasteiger partial charge in [0.25, 0.3) is 0 Å². The van der Waals surface area contributed by atoms with Crippen LogP contribution in [-0.2, 0) is 0 Å². The van der Waals surface area contributed by atoms with Gasteiger partial charge in [-0.3, -0.25) is 0 Å². The summed E-state index contributed by atoms with van der Waals surface area (Å²) in [6.07, 6.45) is 0. The van der Waals surface area contributed by atoms with E-state index in [-0.39, 0.29) is 13.2 Å². The highest BCUT2D eigenvalue weighted by Crippen LogP contribution is 2.30. The van der Waals surface area contributed by atoms with Crippen molar-refractivity contribution in [1.82, 2.24) is 0 Å². The number of nitrogens with zero attached hydrogens (tertiary/aromatic N) is 1. The number of nitrogen functional groups attached to an aromatic ring is 1. The molecular formula is C16H20N2O2. The van der Waals surface area contributed by atoms with Crippen LogP contribution in [0.25, 0.3) is 11.1 Å². The van der Waals surface area contributed by atoms with E-state index in [1.54, 1.807) is 0 Å². The zero-order chi connectivity index (χ0) is 14.4. The number of aliphatic hydroxyl groups excluding tert-OH is 2. The van der Waals surface area contributed by atoms with E-state index in [0.29, 0.717) is 18.8 Å². The molecule has 2 aromatic rings. The van der Waals surface area contributed by atoms with Gasteiger partial charge in [-0.2, -0.15) is 0 Å². The van der Waals surface area contributed by atoms with Crippen molar-refractivity contribution in [2.75, 3.05) is 36.9 Å². The van der Waals surface area contributed by atoms with Gasteiger partial charge in [-0.05, 0) is 23.8 Å². The van der Waals surface area contributed by atoms with E-state index >= 15 is 0 Å². The minimum absolute atomic E-state index is 0.0467.